The normalized spacial score (nSPS) is 17.7. The molecule has 1 aromatic carbocycles. The van der Waals surface area contributed by atoms with Gasteiger partial charge in [-0.3, -0.25) is 4.99 Å². The van der Waals surface area contributed by atoms with E-state index < -0.39 is 0 Å². The largest absolute Gasteiger partial charge is 0.481 e. The first-order valence-electron chi connectivity index (χ1n) is 6.53. The van der Waals surface area contributed by atoms with E-state index >= 15 is 0 Å². The summed E-state index contributed by atoms with van der Waals surface area (Å²) in [5.74, 6) is 1.12. The molecule has 6 heteroatoms. The number of rotatable bonds is 3. The van der Waals surface area contributed by atoms with Gasteiger partial charge in [-0.25, -0.2) is 4.98 Å². The lowest BCUT2D eigenvalue weighted by Crippen LogP contribution is -2.36. The molecule has 1 unspecified atom stereocenters. The summed E-state index contributed by atoms with van der Waals surface area (Å²) in [6, 6.07) is 11.9. The summed E-state index contributed by atoms with van der Waals surface area (Å²) in [6.45, 7) is 0.621. The second-order valence-electron chi connectivity index (χ2n) is 4.69. The smallest absolute Gasteiger partial charge is 0.212 e. The number of guanidine groups is 1. The molecule has 1 aliphatic rings. The number of nitrogens with two attached hydrogens (primary N) is 1. The maximum absolute atomic E-state index is 6.05. The van der Waals surface area contributed by atoms with Gasteiger partial charge in [0.15, 0.2) is 5.96 Å². The topological polar surface area (TPSA) is 63.7 Å². The lowest BCUT2D eigenvalue weighted by molar-refractivity contribution is 0.397. The van der Waals surface area contributed by atoms with Crippen molar-refractivity contribution in [3.8, 4) is 5.88 Å². The van der Waals surface area contributed by atoms with Gasteiger partial charge in [-0.05, 0) is 35.9 Å². The van der Waals surface area contributed by atoms with Gasteiger partial charge < -0.3 is 15.4 Å². The highest BCUT2D eigenvalue weighted by Gasteiger charge is 2.29. The number of hydrogen-bond acceptors (Lipinski definition) is 5. The number of aliphatic imine (C=N–C) groups is 1. The van der Waals surface area contributed by atoms with Gasteiger partial charge in [0.2, 0.25) is 5.88 Å². The van der Waals surface area contributed by atoms with Crippen LogP contribution in [0.3, 0.4) is 0 Å². The second kappa shape index (κ2) is 5.73. The van der Waals surface area contributed by atoms with Crippen LogP contribution in [0.25, 0.3) is 0 Å². The van der Waals surface area contributed by atoms with Gasteiger partial charge >= 0.3 is 0 Å². The molecule has 0 radical (unpaired) electrons. The van der Waals surface area contributed by atoms with Crippen LogP contribution in [0.2, 0.25) is 0 Å². The molecule has 1 aliphatic heterocycles. The molecule has 2 aromatic rings. The summed E-state index contributed by atoms with van der Waals surface area (Å²) in [5, 5.41) is 0. The van der Waals surface area contributed by atoms with Crippen molar-refractivity contribution in [1.82, 2.24) is 4.98 Å². The van der Waals surface area contributed by atoms with Crippen LogP contribution >= 0.6 is 15.9 Å². The SMILES string of the molecule is COc1ccc(C2CN=C(N)N2c2ccc(Br)cc2)cn1. The van der Waals surface area contributed by atoms with Gasteiger partial charge in [0.1, 0.15) is 0 Å². The highest BCUT2D eigenvalue weighted by molar-refractivity contribution is 9.10. The minimum Gasteiger partial charge on any atom is -0.481 e. The Morgan fingerprint density at radius 2 is 2.00 bits per heavy atom. The molecule has 1 atom stereocenters. The van der Waals surface area contributed by atoms with E-state index in [4.69, 9.17) is 10.5 Å². The lowest BCUT2D eigenvalue weighted by Gasteiger charge is -2.26. The quantitative estimate of drug-likeness (QED) is 0.927. The summed E-state index contributed by atoms with van der Waals surface area (Å²) in [5.41, 5.74) is 8.12. The molecule has 0 spiro atoms. The molecule has 108 valence electrons. The Morgan fingerprint density at radius 1 is 1.24 bits per heavy atom. The van der Waals surface area contributed by atoms with E-state index in [1.54, 1.807) is 7.11 Å². The number of benzene rings is 1. The zero-order valence-corrected chi connectivity index (χ0v) is 13.1. The highest BCUT2D eigenvalue weighted by Crippen LogP contribution is 2.31. The maximum atomic E-state index is 6.05. The number of nitrogens with zero attached hydrogens (tertiary/aromatic N) is 3. The molecule has 0 amide bonds. The van der Waals surface area contributed by atoms with Crippen molar-refractivity contribution in [2.24, 2.45) is 10.7 Å². The van der Waals surface area contributed by atoms with Crippen LogP contribution in [0.15, 0.2) is 52.1 Å². The molecule has 0 saturated carbocycles. The molecule has 5 nitrogen and oxygen atoms in total. The molecule has 0 fully saturated rings. The van der Waals surface area contributed by atoms with Crippen molar-refractivity contribution >= 4 is 27.6 Å². The predicted molar refractivity (Wildman–Crippen MR) is 86.6 cm³/mol. The van der Waals surface area contributed by atoms with Gasteiger partial charge in [0, 0.05) is 22.4 Å². The van der Waals surface area contributed by atoms with Crippen LogP contribution in [0, 0.1) is 0 Å². The molecule has 2 N–H and O–H groups in total. The molecule has 0 bridgehead atoms. The third-order valence-corrected chi connectivity index (χ3v) is 3.97. The molecule has 0 aliphatic carbocycles. The fourth-order valence-electron chi connectivity index (χ4n) is 2.38. The van der Waals surface area contributed by atoms with Gasteiger partial charge in [0.05, 0.1) is 19.7 Å². The van der Waals surface area contributed by atoms with Gasteiger partial charge in [-0.1, -0.05) is 15.9 Å². The number of anilines is 1. The van der Waals surface area contributed by atoms with Crippen LogP contribution in [0.5, 0.6) is 5.88 Å². The fraction of sp³-hybridized carbons (Fsp3) is 0.200. The number of ether oxygens (including phenoxy) is 1. The summed E-state index contributed by atoms with van der Waals surface area (Å²) in [4.78, 5) is 10.7. The first kappa shape index (κ1) is 13.9. The van der Waals surface area contributed by atoms with E-state index in [0.29, 0.717) is 18.4 Å². The monoisotopic (exact) mass is 346 g/mol. The fourth-order valence-corrected chi connectivity index (χ4v) is 2.64. The summed E-state index contributed by atoms with van der Waals surface area (Å²) in [7, 11) is 1.60. The Hall–Kier alpha value is -2.08. The van der Waals surface area contributed by atoms with Crippen LogP contribution in [0.1, 0.15) is 11.6 Å². The molecule has 21 heavy (non-hydrogen) atoms. The number of hydrogen-bond donors (Lipinski definition) is 1. The number of aromatic nitrogens is 1. The Morgan fingerprint density at radius 3 is 2.62 bits per heavy atom. The first-order valence-corrected chi connectivity index (χ1v) is 7.33. The van der Waals surface area contributed by atoms with Gasteiger partial charge in [-0.2, -0.15) is 0 Å². The number of methoxy groups -OCH3 is 1. The lowest BCUT2D eigenvalue weighted by atomic mass is 10.1. The third kappa shape index (κ3) is 2.71. The molecular weight excluding hydrogens is 332 g/mol. The van der Waals surface area contributed by atoms with Crippen molar-refractivity contribution in [2.45, 2.75) is 6.04 Å². The molecule has 0 saturated heterocycles. The summed E-state index contributed by atoms with van der Waals surface area (Å²) >= 11 is 3.44. The third-order valence-electron chi connectivity index (χ3n) is 3.44. The average Bonchev–Trinajstić information content (AvgIpc) is 2.90. The van der Waals surface area contributed by atoms with Gasteiger partial charge in [-0.15, -0.1) is 0 Å². The van der Waals surface area contributed by atoms with E-state index in [0.717, 1.165) is 15.7 Å². The molecule has 2 heterocycles. The Kier molecular flexibility index (Phi) is 3.79. The average molecular weight is 347 g/mol. The number of halogens is 1. The molecular formula is C15H15BrN4O. The van der Waals surface area contributed by atoms with E-state index in [2.05, 4.69) is 25.9 Å². The van der Waals surface area contributed by atoms with E-state index in [9.17, 15) is 0 Å². The van der Waals surface area contributed by atoms with Crippen molar-refractivity contribution in [2.75, 3.05) is 18.6 Å². The van der Waals surface area contributed by atoms with Crippen LogP contribution in [0.4, 0.5) is 5.69 Å². The van der Waals surface area contributed by atoms with Crippen molar-refractivity contribution in [1.29, 1.82) is 0 Å². The van der Waals surface area contributed by atoms with Crippen molar-refractivity contribution in [3.05, 3.63) is 52.6 Å². The van der Waals surface area contributed by atoms with E-state index in [-0.39, 0.29) is 6.04 Å². The summed E-state index contributed by atoms with van der Waals surface area (Å²) < 4.78 is 6.13. The Labute approximate surface area is 131 Å². The van der Waals surface area contributed by atoms with Crippen LogP contribution < -0.4 is 15.4 Å². The van der Waals surface area contributed by atoms with Gasteiger partial charge in [0.25, 0.3) is 0 Å². The predicted octanol–water partition coefficient (Wildman–Crippen LogP) is 2.73. The standard InChI is InChI=1S/C15H15BrN4O/c1-21-14-7-2-10(8-18-14)13-9-19-15(17)20(13)12-5-3-11(16)4-6-12/h2-8,13H,9H2,1H3,(H2,17,19). The zero-order valence-electron chi connectivity index (χ0n) is 11.5. The minimum atomic E-state index is 0.0598. The Bertz CT molecular complexity index is 654. The van der Waals surface area contributed by atoms with Crippen molar-refractivity contribution < 1.29 is 4.74 Å². The van der Waals surface area contributed by atoms with E-state index in [1.807, 2.05) is 47.5 Å². The van der Waals surface area contributed by atoms with Crippen molar-refractivity contribution in [3.63, 3.8) is 0 Å². The first-order chi connectivity index (χ1) is 10.2. The highest BCUT2D eigenvalue weighted by atomic mass is 79.9. The van der Waals surface area contributed by atoms with Crippen LogP contribution in [-0.4, -0.2) is 24.6 Å². The molecule has 1 aromatic heterocycles. The maximum Gasteiger partial charge on any atom is 0.212 e. The zero-order chi connectivity index (χ0) is 14.8. The van der Waals surface area contributed by atoms with E-state index in [1.165, 1.54) is 0 Å². The molecule has 3 rings (SSSR count). The summed E-state index contributed by atoms with van der Waals surface area (Å²) in [6.07, 6.45) is 1.81. The minimum absolute atomic E-state index is 0.0598. The Balaban J connectivity index is 1.92. The second-order valence-corrected chi connectivity index (χ2v) is 5.61. The van der Waals surface area contributed by atoms with Crippen LogP contribution in [-0.2, 0) is 0 Å². The number of pyridine rings is 1.